The number of benzene rings is 1. The third-order valence-corrected chi connectivity index (χ3v) is 4.37. The lowest BCUT2D eigenvalue weighted by Gasteiger charge is -2.43. The van der Waals surface area contributed by atoms with Crippen molar-refractivity contribution in [2.45, 2.75) is 25.8 Å². The Morgan fingerprint density at radius 3 is 2.71 bits per heavy atom. The van der Waals surface area contributed by atoms with Crippen molar-refractivity contribution in [1.82, 2.24) is 4.90 Å². The molecule has 0 aromatic heterocycles. The summed E-state index contributed by atoms with van der Waals surface area (Å²) in [5.74, 6) is 0.809. The van der Waals surface area contributed by atoms with Gasteiger partial charge in [0.15, 0.2) is 0 Å². The summed E-state index contributed by atoms with van der Waals surface area (Å²) in [5.41, 5.74) is 1.45. The molecule has 1 aliphatic rings. The van der Waals surface area contributed by atoms with E-state index in [1.807, 2.05) is 6.07 Å². The first kappa shape index (κ1) is 12.9. The van der Waals surface area contributed by atoms with Crippen molar-refractivity contribution < 1.29 is 4.39 Å². The fourth-order valence-electron chi connectivity index (χ4n) is 2.62. The van der Waals surface area contributed by atoms with E-state index in [1.165, 1.54) is 25.3 Å². The summed E-state index contributed by atoms with van der Waals surface area (Å²) in [6, 6.07) is 6.86. The van der Waals surface area contributed by atoms with Crippen molar-refractivity contribution in [3.63, 3.8) is 0 Å². The van der Waals surface area contributed by atoms with Crippen LogP contribution in [-0.2, 0) is 6.54 Å². The molecule has 0 amide bonds. The topological polar surface area (TPSA) is 3.24 Å². The smallest absolute Gasteiger partial charge is 0.123 e. The molecule has 0 spiro atoms. The van der Waals surface area contributed by atoms with Gasteiger partial charge in [0.2, 0.25) is 0 Å². The van der Waals surface area contributed by atoms with Crippen molar-refractivity contribution in [3.05, 3.63) is 35.6 Å². The largest absolute Gasteiger partial charge is 0.302 e. The molecule has 0 N–H and O–H groups in total. The van der Waals surface area contributed by atoms with Gasteiger partial charge in [-0.05, 0) is 48.8 Å². The summed E-state index contributed by atoms with van der Waals surface area (Å²) in [5, 5.41) is 0. The lowest BCUT2D eigenvalue weighted by atomic mass is 9.70. The maximum Gasteiger partial charge on any atom is 0.123 e. The van der Waals surface area contributed by atoms with Crippen LogP contribution in [0.25, 0.3) is 0 Å². The van der Waals surface area contributed by atoms with Crippen LogP contribution < -0.4 is 0 Å². The molecule has 0 unspecified atom stereocenters. The van der Waals surface area contributed by atoms with Crippen molar-refractivity contribution in [2.75, 3.05) is 19.3 Å². The van der Waals surface area contributed by atoms with E-state index < -0.39 is 0 Å². The van der Waals surface area contributed by atoms with Crippen molar-refractivity contribution in [1.29, 1.82) is 0 Å². The number of nitrogens with zero attached hydrogens (tertiary/aromatic N) is 1. The van der Waals surface area contributed by atoms with E-state index >= 15 is 0 Å². The van der Waals surface area contributed by atoms with Crippen LogP contribution in [0.15, 0.2) is 24.3 Å². The molecule has 1 fully saturated rings. The Bertz CT molecular complexity index is 371. The number of rotatable bonds is 5. The monoisotopic (exact) mass is 253 g/mol. The number of halogens is 1. The molecule has 0 atom stereocenters. The van der Waals surface area contributed by atoms with Gasteiger partial charge in [-0.3, -0.25) is 0 Å². The SMILES string of the molecule is CN(Cc1cccc(F)c1)CC1(CS)CCC1. The molecule has 1 aliphatic carbocycles. The lowest BCUT2D eigenvalue weighted by Crippen LogP contribution is -2.42. The Hall–Kier alpha value is -0.540. The minimum atomic E-state index is -0.150. The van der Waals surface area contributed by atoms with Crippen LogP contribution in [0.1, 0.15) is 24.8 Å². The molecule has 1 nitrogen and oxygen atoms in total. The van der Waals surface area contributed by atoms with E-state index in [2.05, 4.69) is 24.6 Å². The van der Waals surface area contributed by atoms with Gasteiger partial charge in [-0.2, -0.15) is 12.6 Å². The first-order valence-electron chi connectivity index (χ1n) is 6.17. The molecule has 0 heterocycles. The molecule has 0 aliphatic heterocycles. The first-order valence-corrected chi connectivity index (χ1v) is 6.81. The fourth-order valence-corrected chi connectivity index (χ4v) is 3.03. The predicted molar refractivity (Wildman–Crippen MR) is 72.9 cm³/mol. The Kier molecular flexibility index (Phi) is 4.10. The summed E-state index contributed by atoms with van der Waals surface area (Å²) >= 11 is 4.46. The number of thiol groups is 1. The molecule has 3 heteroatoms. The maximum absolute atomic E-state index is 13.1. The summed E-state index contributed by atoms with van der Waals surface area (Å²) in [4.78, 5) is 2.28. The second-order valence-corrected chi connectivity index (χ2v) is 5.63. The van der Waals surface area contributed by atoms with E-state index in [0.717, 1.165) is 24.4 Å². The van der Waals surface area contributed by atoms with Gasteiger partial charge < -0.3 is 4.90 Å². The van der Waals surface area contributed by atoms with E-state index in [-0.39, 0.29) is 5.82 Å². The Morgan fingerprint density at radius 1 is 1.41 bits per heavy atom. The van der Waals surface area contributed by atoms with Crippen LogP contribution >= 0.6 is 12.6 Å². The minimum Gasteiger partial charge on any atom is -0.302 e. The molecule has 0 bridgehead atoms. The van der Waals surface area contributed by atoms with Crippen LogP contribution in [-0.4, -0.2) is 24.2 Å². The van der Waals surface area contributed by atoms with Crippen LogP contribution in [0.3, 0.4) is 0 Å². The fraction of sp³-hybridized carbons (Fsp3) is 0.571. The highest BCUT2D eigenvalue weighted by Crippen LogP contribution is 2.42. The minimum absolute atomic E-state index is 0.150. The summed E-state index contributed by atoms with van der Waals surface area (Å²) < 4.78 is 13.1. The Labute approximate surface area is 108 Å². The summed E-state index contributed by atoms with van der Waals surface area (Å²) in [6.07, 6.45) is 3.89. The van der Waals surface area contributed by atoms with E-state index in [0.29, 0.717) is 5.41 Å². The molecule has 1 saturated carbocycles. The van der Waals surface area contributed by atoms with Gasteiger partial charge in [0, 0.05) is 13.1 Å². The highest BCUT2D eigenvalue weighted by molar-refractivity contribution is 7.80. The van der Waals surface area contributed by atoms with Gasteiger partial charge in [-0.1, -0.05) is 18.6 Å². The first-order chi connectivity index (χ1) is 8.13. The summed E-state index contributed by atoms with van der Waals surface area (Å²) in [7, 11) is 2.11. The van der Waals surface area contributed by atoms with Gasteiger partial charge in [-0.15, -0.1) is 0 Å². The number of hydrogen-bond acceptors (Lipinski definition) is 2. The predicted octanol–water partition coefficient (Wildman–Crippen LogP) is 3.36. The zero-order valence-corrected chi connectivity index (χ0v) is 11.2. The normalized spacial score (nSPS) is 18.1. The molecule has 1 aromatic rings. The third kappa shape index (κ3) is 3.23. The van der Waals surface area contributed by atoms with E-state index in [1.54, 1.807) is 12.1 Å². The van der Waals surface area contributed by atoms with Crippen molar-refractivity contribution in [2.24, 2.45) is 5.41 Å². The zero-order valence-electron chi connectivity index (χ0n) is 10.3. The highest BCUT2D eigenvalue weighted by atomic mass is 32.1. The van der Waals surface area contributed by atoms with Gasteiger partial charge in [0.05, 0.1) is 0 Å². The molecular weight excluding hydrogens is 233 g/mol. The third-order valence-electron chi connectivity index (χ3n) is 3.70. The van der Waals surface area contributed by atoms with E-state index in [9.17, 15) is 4.39 Å². The van der Waals surface area contributed by atoms with Gasteiger partial charge >= 0.3 is 0 Å². The molecule has 0 saturated heterocycles. The van der Waals surface area contributed by atoms with Gasteiger partial charge in [0.25, 0.3) is 0 Å². The van der Waals surface area contributed by atoms with Crippen LogP contribution in [0.2, 0.25) is 0 Å². The zero-order chi connectivity index (χ0) is 12.3. The maximum atomic E-state index is 13.1. The van der Waals surface area contributed by atoms with Gasteiger partial charge in [-0.25, -0.2) is 4.39 Å². The van der Waals surface area contributed by atoms with Crippen LogP contribution in [0.4, 0.5) is 4.39 Å². The molecule has 1 aromatic carbocycles. The van der Waals surface area contributed by atoms with Crippen LogP contribution in [0, 0.1) is 11.2 Å². The summed E-state index contributed by atoms with van der Waals surface area (Å²) in [6.45, 7) is 1.88. The molecular formula is C14H20FNS. The quantitative estimate of drug-likeness (QED) is 0.788. The lowest BCUT2D eigenvalue weighted by molar-refractivity contribution is 0.101. The Balaban J connectivity index is 1.90. The highest BCUT2D eigenvalue weighted by Gasteiger charge is 2.36. The van der Waals surface area contributed by atoms with Crippen molar-refractivity contribution >= 4 is 12.6 Å². The van der Waals surface area contributed by atoms with Crippen LogP contribution in [0.5, 0.6) is 0 Å². The van der Waals surface area contributed by atoms with E-state index in [4.69, 9.17) is 0 Å². The average molecular weight is 253 g/mol. The number of hydrogen-bond donors (Lipinski definition) is 1. The molecule has 2 rings (SSSR count). The van der Waals surface area contributed by atoms with Gasteiger partial charge in [0.1, 0.15) is 5.82 Å². The molecule has 17 heavy (non-hydrogen) atoms. The standard InChI is InChI=1S/C14H20FNS/c1-16(10-14(11-17)6-3-7-14)9-12-4-2-5-13(15)8-12/h2,4-5,8,17H,3,6-7,9-11H2,1H3. The second-order valence-electron chi connectivity index (χ2n) is 5.31. The second kappa shape index (κ2) is 5.40. The van der Waals surface area contributed by atoms with Crippen molar-refractivity contribution in [3.8, 4) is 0 Å². The molecule has 0 radical (unpaired) electrons. The molecule has 94 valence electrons. The average Bonchev–Trinajstić information content (AvgIpc) is 2.23. The Morgan fingerprint density at radius 2 is 2.18 bits per heavy atom.